The molecule has 14 aromatic heterocycles. The van der Waals surface area contributed by atoms with Gasteiger partial charge in [0.25, 0.3) is 0 Å². The molecule has 131 heavy (non-hydrogen) atoms. The van der Waals surface area contributed by atoms with Crippen molar-refractivity contribution in [2.45, 2.75) is 147 Å². The number of benzene rings is 4. The zero-order chi connectivity index (χ0) is 90.4. The van der Waals surface area contributed by atoms with Crippen molar-refractivity contribution >= 4 is 156 Å². The number of amides is 3. The summed E-state index contributed by atoms with van der Waals surface area (Å²) in [5.41, 5.74) is 39.9. The Labute approximate surface area is 767 Å². The third-order valence-electron chi connectivity index (χ3n) is 26.5. The first-order chi connectivity index (χ1) is 63.7. The van der Waals surface area contributed by atoms with Crippen LogP contribution in [0.25, 0.3) is 106 Å². The molecule has 4 aromatic carbocycles. The van der Waals surface area contributed by atoms with E-state index in [4.69, 9.17) is 49.3 Å². The number of hydrogen-bond acceptors (Lipinski definition) is 21. The largest absolute Gasteiger partial charge is 0.481 e. The fraction of sp³-hybridized carbons (Fsp3) is 0.287. The highest BCUT2D eigenvalue weighted by atomic mass is 32.1. The molecular formula is C101H100N22O5S3. The lowest BCUT2D eigenvalue weighted by molar-refractivity contribution is -0.143. The number of aliphatic carboxylic acids is 1. The number of carboxylic acids is 1. The van der Waals surface area contributed by atoms with Gasteiger partial charge in [-0.2, -0.15) is 0 Å². The van der Waals surface area contributed by atoms with Crippen molar-refractivity contribution < 1.29 is 24.3 Å². The Bertz CT molecular complexity index is 7410. The van der Waals surface area contributed by atoms with Crippen LogP contribution in [0.3, 0.4) is 0 Å². The Morgan fingerprint density at radius 2 is 0.763 bits per heavy atom. The number of carboxylic acid groups (broad SMARTS) is 1. The van der Waals surface area contributed by atoms with E-state index < -0.39 is 5.97 Å². The summed E-state index contributed by atoms with van der Waals surface area (Å²) in [4.78, 5) is 104. The predicted molar refractivity (Wildman–Crippen MR) is 522 cm³/mol. The summed E-state index contributed by atoms with van der Waals surface area (Å²) in [7, 11) is 3.68. The maximum atomic E-state index is 12.8. The number of hydrogen-bond donors (Lipinski definition) is 8. The number of imidazole rings is 4. The molecule has 3 amide bonds. The average Bonchev–Trinajstić information content (AvgIpc) is 1.61. The van der Waals surface area contributed by atoms with Gasteiger partial charge in [-0.25, -0.2) is 39.9 Å². The van der Waals surface area contributed by atoms with Gasteiger partial charge in [-0.15, -0.1) is 40.4 Å². The SMILES string of the molecule is C#Cc1cccc2cc(-c3nc(C4CCC(C(=O)Nc5cccnc5)CC4)n4ccnc(N)c34)[nH]c12.Cc1cccc2cc(-c3nc(C4CCC(C(=O)N(C)C)CC4)n4ccnc(N)c34)sc12.Cc1cccc2cc(-c3nc(C4CCC(C(=O)Nc5cccnc5)CC4)n4ccnc(N)c34)sc12.Cc1cccc2cc(-c3nc(C4CCC(C(=O)O)CC4)n4ccnc(N)c34)sc12. The van der Waals surface area contributed by atoms with Crippen molar-refractivity contribution in [3.8, 4) is 55.4 Å². The molecule has 27 nitrogen and oxygen atoms in total. The second-order valence-corrected chi connectivity index (χ2v) is 38.2. The first kappa shape index (κ1) is 86.1. The summed E-state index contributed by atoms with van der Waals surface area (Å²) in [6.45, 7) is 6.40. The number of carbonyl (C=O) groups is 4. The number of aromatic amines is 1. The first-order valence-electron chi connectivity index (χ1n) is 44.6. The van der Waals surface area contributed by atoms with E-state index in [1.54, 1.807) is 88.5 Å². The van der Waals surface area contributed by atoms with Crippen molar-refractivity contribution in [2.24, 2.45) is 23.7 Å². The van der Waals surface area contributed by atoms with E-state index in [1.807, 2.05) is 85.7 Å². The summed E-state index contributed by atoms with van der Waals surface area (Å²) in [6.07, 6.45) is 40.5. The fourth-order valence-electron chi connectivity index (χ4n) is 19.7. The van der Waals surface area contributed by atoms with E-state index in [2.05, 4.69) is 164 Å². The van der Waals surface area contributed by atoms with Crippen LogP contribution in [0.5, 0.6) is 0 Å². The minimum absolute atomic E-state index is 0.00513. The van der Waals surface area contributed by atoms with Gasteiger partial charge in [-0.1, -0.05) is 72.7 Å². The molecule has 662 valence electrons. The van der Waals surface area contributed by atoms with E-state index in [-0.39, 0.29) is 59.1 Å². The minimum atomic E-state index is -0.689. The van der Waals surface area contributed by atoms with Crippen LogP contribution in [-0.4, -0.2) is 120 Å². The predicted octanol–water partition coefficient (Wildman–Crippen LogP) is 20.3. The molecule has 0 saturated heterocycles. The number of H-pyrrole nitrogens is 1. The van der Waals surface area contributed by atoms with Crippen molar-refractivity contribution in [1.29, 1.82) is 0 Å². The molecule has 0 radical (unpaired) electrons. The number of thiophene rings is 3. The van der Waals surface area contributed by atoms with Gasteiger partial charge in [-0.05, 0) is 211 Å². The number of anilines is 6. The Kier molecular flexibility index (Phi) is 24.1. The zero-order valence-corrected chi connectivity index (χ0v) is 75.8. The Balaban J connectivity index is 0.000000113. The molecule has 4 aliphatic carbocycles. The first-order valence-corrected chi connectivity index (χ1v) is 47.0. The molecule has 0 aliphatic heterocycles. The number of terminal acetylenes is 1. The highest BCUT2D eigenvalue weighted by Crippen LogP contribution is 2.48. The van der Waals surface area contributed by atoms with E-state index in [0.717, 1.165) is 206 Å². The van der Waals surface area contributed by atoms with Gasteiger partial charge in [0.05, 0.1) is 55.5 Å². The summed E-state index contributed by atoms with van der Waals surface area (Å²) in [6, 6.07) is 40.9. The Morgan fingerprint density at radius 3 is 1.10 bits per heavy atom. The molecule has 14 heterocycles. The molecule has 0 spiro atoms. The van der Waals surface area contributed by atoms with Gasteiger partial charge in [0, 0.05) is 143 Å². The number of nitrogens with two attached hydrogens (primary N) is 4. The second kappa shape index (κ2) is 36.7. The van der Waals surface area contributed by atoms with Gasteiger partial charge < -0.3 is 48.6 Å². The molecule has 4 aliphatic rings. The number of rotatable bonds is 14. The Hall–Kier alpha value is -14.3. The fourth-order valence-corrected chi connectivity index (χ4v) is 23.1. The van der Waals surface area contributed by atoms with Crippen LogP contribution in [-0.2, 0) is 19.2 Å². The molecule has 0 bridgehead atoms. The maximum absolute atomic E-state index is 12.8. The molecule has 4 fully saturated rings. The van der Waals surface area contributed by atoms with Crippen LogP contribution in [0.2, 0.25) is 0 Å². The second-order valence-electron chi connectivity index (χ2n) is 35.0. The van der Waals surface area contributed by atoms with Crippen LogP contribution >= 0.6 is 34.0 Å². The van der Waals surface area contributed by atoms with Gasteiger partial charge in [0.15, 0.2) is 0 Å². The molecular weight excluding hydrogens is 1700 g/mol. The monoisotopic (exact) mass is 1800 g/mol. The lowest BCUT2D eigenvalue weighted by atomic mass is 9.81. The van der Waals surface area contributed by atoms with Crippen LogP contribution < -0.4 is 33.6 Å². The number of nitrogens with one attached hydrogen (secondary N) is 3. The third kappa shape index (κ3) is 17.1. The standard InChI is InChI=1S/C28H25N7O.C27H26N6OS.C24H27N5OS.C22H22N4O2S/c1-2-17-5-3-6-20-15-22(33-23(17)20)24-25-26(29)31-13-14-35(25)27(34-24)18-8-10-19(11-9-18)28(36)32-21-7-4-12-30-16-21;1-16-4-2-5-19-14-21(35-24(16)19)22-23-25(28)30-12-13-33(23)26(32-22)17-7-9-18(10-8-17)27(34)31-20-6-3-11-29-15-20;1-14-5-4-6-17-13-18(31-21(14)17)19-20-22(25)26-11-12-29(20)23(27-19)15-7-9-16(10-8-15)24(30)28(2)3;1-12-3-2-4-15-11-16(29-19(12)15)17-18-20(23)24-9-10-26(18)21(25-17)13-5-7-14(8-6-13)22(27)28/h1,3-7,12-16,18-19,33H,8-11H2,(H2,29,31)(H,32,36);2-6,11-15,17-18H,7-10H2,1H3,(H2,28,30)(H,31,34);4-6,11-13,15-16H,7-10H2,1-3H3,(H2,25,26);2-4,9-11,13-14H,5-8H2,1H3,(H2,23,24)(H,27,28). The number of aromatic nitrogens is 15. The van der Waals surface area contributed by atoms with Crippen LogP contribution in [0.1, 0.15) is 172 Å². The number of carbonyl (C=O) groups excluding carboxylic acids is 3. The third-order valence-corrected chi connectivity index (χ3v) is 30.4. The van der Waals surface area contributed by atoms with E-state index in [1.165, 1.54) is 46.9 Å². The maximum Gasteiger partial charge on any atom is 0.306 e. The normalized spacial score (nSPS) is 18.7. The van der Waals surface area contributed by atoms with Gasteiger partial charge in [0.1, 0.15) is 91.4 Å². The van der Waals surface area contributed by atoms with Crippen LogP contribution in [0, 0.1) is 56.8 Å². The number of nitrogen functional groups attached to an aromatic ring is 4. The summed E-state index contributed by atoms with van der Waals surface area (Å²) in [5.74, 6) is 9.07. The molecule has 18 aromatic rings. The van der Waals surface area contributed by atoms with Crippen molar-refractivity contribution in [1.82, 2.24) is 77.3 Å². The number of pyridine rings is 2. The van der Waals surface area contributed by atoms with Gasteiger partial charge in [-0.3, -0.25) is 46.7 Å². The molecule has 22 rings (SSSR count). The Morgan fingerprint density at radius 1 is 0.427 bits per heavy atom. The number of fused-ring (bicyclic) bond motifs is 8. The van der Waals surface area contributed by atoms with Crippen molar-refractivity contribution in [3.63, 3.8) is 0 Å². The van der Waals surface area contributed by atoms with E-state index in [0.29, 0.717) is 42.0 Å². The van der Waals surface area contributed by atoms with E-state index in [9.17, 15) is 24.3 Å². The molecule has 30 heteroatoms. The quantitative estimate of drug-likeness (QED) is 0.0469. The topological polar surface area (TPSA) is 382 Å². The highest BCUT2D eigenvalue weighted by molar-refractivity contribution is 7.23. The molecule has 0 atom stereocenters. The van der Waals surface area contributed by atoms with Crippen molar-refractivity contribution in [2.75, 3.05) is 47.7 Å². The summed E-state index contributed by atoms with van der Waals surface area (Å²) < 4.78 is 12.1. The number of aryl methyl sites for hydroxylation is 3. The number of para-hydroxylation sites is 1. The molecule has 0 unspecified atom stereocenters. The average molecular weight is 1800 g/mol. The lowest BCUT2D eigenvalue weighted by Crippen LogP contribution is -2.32. The van der Waals surface area contributed by atoms with Crippen molar-refractivity contribution in [3.05, 3.63) is 241 Å². The lowest BCUT2D eigenvalue weighted by Gasteiger charge is -2.28. The van der Waals surface area contributed by atoms with E-state index >= 15 is 0 Å². The smallest absolute Gasteiger partial charge is 0.306 e. The zero-order valence-electron chi connectivity index (χ0n) is 73.3. The van der Waals surface area contributed by atoms with Crippen LogP contribution in [0.15, 0.2) is 196 Å². The molecule has 12 N–H and O–H groups in total. The summed E-state index contributed by atoms with van der Waals surface area (Å²) in [5, 5.41) is 20.0. The minimum Gasteiger partial charge on any atom is -0.481 e. The highest BCUT2D eigenvalue weighted by Gasteiger charge is 2.37. The van der Waals surface area contributed by atoms with Crippen LogP contribution in [0.4, 0.5) is 34.6 Å². The number of nitrogens with zero attached hydrogens (tertiary/aromatic N) is 15. The summed E-state index contributed by atoms with van der Waals surface area (Å²) >= 11 is 5.24. The van der Waals surface area contributed by atoms with Gasteiger partial charge >= 0.3 is 5.97 Å². The molecule has 4 saturated carbocycles. The van der Waals surface area contributed by atoms with Gasteiger partial charge in [0.2, 0.25) is 17.7 Å².